The number of nitrogens with zero attached hydrogens (tertiary/aromatic N) is 5. The number of benzene rings is 1. The maximum Gasteiger partial charge on any atom is 0.339 e. The van der Waals surface area contributed by atoms with Gasteiger partial charge in [-0.2, -0.15) is 5.10 Å². The molecule has 0 N–H and O–H groups in total. The molecule has 5 rings (SSSR count). The molecule has 180 valence electrons. The Morgan fingerprint density at radius 1 is 1.06 bits per heavy atom. The number of hydrogen-bond acceptors (Lipinski definition) is 7. The molecule has 35 heavy (non-hydrogen) atoms. The van der Waals surface area contributed by atoms with Crippen LogP contribution >= 0.6 is 11.3 Å². The first-order chi connectivity index (χ1) is 17.0. The molecule has 9 heteroatoms. The maximum absolute atomic E-state index is 13.1. The number of pyridine rings is 1. The molecule has 1 fully saturated rings. The predicted molar refractivity (Wildman–Crippen MR) is 135 cm³/mol. The van der Waals surface area contributed by atoms with Gasteiger partial charge in [0, 0.05) is 39.8 Å². The third kappa shape index (κ3) is 4.96. The van der Waals surface area contributed by atoms with Crippen LogP contribution in [-0.2, 0) is 23.1 Å². The molecule has 4 aromatic rings. The summed E-state index contributed by atoms with van der Waals surface area (Å²) in [5, 5.41) is 7.05. The summed E-state index contributed by atoms with van der Waals surface area (Å²) in [7, 11) is 1.80. The Bertz CT molecular complexity index is 1340. The van der Waals surface area contributed by atoms with Crippen molar-refractivity contribution < 1.29 is 14.3 Å². The highest BCUT2D eigenvalue weighted by molar-refractivity contribution is 7.13. The van der Waals surface area contributed by atoms with E-state index in [1.807, 2.05) is 42.6 Å². The number of carbonyl (C=O) groups is 2. The standard InChI is InChI=1S/C26H27N5O3S/c1-18-24-20(15-21(22-9-6-14-35-22)27-25(24)29(2)28-18)26(33)34-17-23(32)31-12-10-30(11-13-31)16-19-7-4-3-5-8-19/h3-9,14-15H,10-13,16-17H2,1-2H3. The number of hydrogen-bond donors (Lipinski definition) is 0. The van der Waals surface area contributed by atoms with Gasteiger partial charge in [-0.1, -0.05) is 36.4 Å². The van der Waals surface area contributed by atoms with Crippen molar-refractivity contribution in [2.24, 2.45) is 7.05 Å². The highest BCUT2D eigenvalue weighted by Gasteiger charge is 2.24. The average Bonchev–Trinajstić information content (AvgIpc) is 3.51. The summed E-state index contributed by atoms with van der Waals surface area (Å²) in [4.78, 5) is 35.7. The molecular formula is C26H27N5O3S. The molecule has 0 aliphatic carbocycles. The molecule has 1 amide bonds. The van der Waals surface area contributed by atoms with Gasteiger partial charge in [-0.15, -0.1) is 11.3 Å². The highest BCUT2D eigenvalue weighted by Crippen LogP contribution is 2.29. The van der Waals surface area contributed by atoms with Crippen molar-refractivity contribution in [3.05, 3.63) is 70.7 Å². The van der Waals surface area contributed by atoms with Gasteiger partial charge >= 0.3 is 5.97 Å². The van der Waals surface area contributed by atoms with Crippen LogP contribution in [0.5, 0.6) is 0 Å². The predicted octanol–water partition coefficient (Wildman–Crippen LogP) is 3.51. The lowest BCUT2D eigenvalue weighted by molar-refractivity contribution is -0.136. The van der Waals surface area contributed by atoms with Crippen LogP contribution in [0.3, 0.4) is 0 Å². The van der Waals surface area contributed by atoms with Crippen molar-refractivity contribution in [3.8, 4) is 10.6 Å². The topological polar surface area (TPSA) is 80.6 Å². The fourth-order valence-electron chi connectivity index (χ4n) is 4.45. The van der Waals surface area contributed by atoms with Crippen LogP contribution in [0.1, 0.15) is 21.6 Å². The van der Waals surface area contributed by atoms with Crippen LogP contribution in [0.4, 0.5) is 0 Å². The SMILES string of the molecule is Cc1nn(C)c2nc(-c3cccs3)cc(C(=O)OCC(=O)N3CCN(Cc4ccccc4)CC3)c12. The minimum Gasteiger partial charge on any atom is -0.452 e. The number of piperazine rings is 1. The molecule has 0 bridgehead atoms. The number of fused-ring (bicyclic) bond motifs is 1. The average molecular weight is 490 g/mol. The Morgan fingerprint density at radius 2 is 1.83 bits per heavy atom. The smallest absolute Gasteiger partial charge is 0.339 e. The molecule has 1 saturated heterocycles. The molecule has 1 aliphatic rings. The van der Waals surface area contributed by atoms with Gasteiger partial charge < -0.3 is 9.64 Å². The molecule has 0 unspecified atom stereocenters. The van der Waals surface area contributed by atoms with Gasteiger partial charge in [-0.25, -0.2) is 9.78 Å². The molecule has 3 aromatic heterocycles. The van der Waals surface area contributed by atoms with Crippen molar-refractivity contribution >= 4 is 34.2 Å². The lowest BCUT2D eigenvalue weighted by atomic mass is 10.1. The molecule has 0 atom stereocenters. The van der Waals surface area contributed by atoms with Crippen molar-refractivity contribution in [1.29, 1.82) is 0 Å². The zero-order valence-corrected chi connectivity index (χ0v) is 20.6. The van der Waals surface area contributed by atoms with Gasteiger partial charge in [0.1, 0.15) is 0 Å². The van der Waals surface area contributed by atoms with Crippen LogP contribution in [0.15, 0.2) is 53.9 Å². The van der Waals surface area contributed by atoms with E-state index in [4.69, 9.17) is 9.72 Å². The summed E-state index contributed by atoms with van der Waals surface area (Å²) in [6.45, 7) is 5.24. The van der Waals surface area contributed by atoms with Crippen molar-refractivity contribution in [3.63, 3.8) is 0 Å². The van der Waals surface area contributed by atoms with Gasteiger partial charge in [-0.05, 0) is 30.0 Å². The van der Waals surface area contributed by atoms with E-state index < -0.39 is 5.97 Å². The fraction of sp³-hybridized carbons (Fsp3) is 0.308. The van der Waals surface area contributed by atoms with Gasteiger partial charge in [0.25, 0.3) is 5.91 Å². The number of carbonyl (C=O) groups excluding carboxylic acids is 2. The first-order valence-corrected chi connectivity index (χ1v) is 12.5. The normalized spacial score (nSPS) is 14.4. The number of thiophene rings is 1. The van der Waals surface area contributed by atoms with Crippen molar-refractivity contribution in [2.75, 3.05) is 32.8 Å². The second-order valence-electron chi connectivity index (χ2n) is 8.66. The summed E-state index contributed by atoms with van der Waals surface area (Å²) < 4.78 is 7.17. The van der Waals surface area contributed by atoms with Gasteiger partial charge in [0.15, 0.2) is 12.3 Å². The van der Waals surface area contributed by atoms with Crippen LogP contribution in [0, 0.1) is 6.92 Å². The Kier molecular flexibility index (Phi) is 6.61. The minimum atomic E-state index is -0.539. The van der Waals surface area contributed by atoms with Crippen LogP contribution in [0.2, 0.25) is 0 Å². The summed E-state index contributed by atoms with van der Waals surface area (Å²) >= 11 is 1.55. The molecule has 1 aliphatic heterocycles. The van der Waals surface area contributed by atoms with E-state index in [1.54, 1.807) is 34.0 Å². The molecule has 1 aromatic carbocycles. The first-order valence-electron chi connectivity index (χ1n) is 11.6. The second kappa shape index (κ2) is 9.97. The largest absolute Gasteiger partial charge is 0.452 e. The van der Waals surface area contributed by atoms with Crippen molar-refractivity contribution in [1.82, 2.24) is 24.6 Å². The van der Waals surface area contributed by atoms with E-state index in [9.17, 15) is 9.59 Å². The Labute approximate surface area is 207 Å². The monoisotopic (exact) mass is 489 g/mol. The number of amides is 1. The summed E-state index contributed by atoms with van der Waals surface area (Å²) in [5.41, 5.74) is 3.63. The molecule has 0 radical (unpaired) electrons. The lowest BCUT2D eigenvalue weighted by Gasteiger charge is -2.34. The zero-order valence-electron chi connectivity index (χ0n) is 19.8. The number of rotatable bonds is 6. The molecule has 0 saturated carbocycles. The van der Waals surface area contributed by atoms with E-state index in [-0.39, 0.29) is 12.5 Å². The van der Waals surface area contributed by atoms with E-state index in [1.165, 1.54) is 5.56 Å². The summed E-state index contributed by atoms with van der Waals surface area (Å²) in [6, 6.07) is 15.9. The lowest BCUT2D eigenvalue weighted by Crippen LogP contribution is -2.49. The third-order valence-corrected chi connectivity index (χ3v) is 7.16. The van der Waals surface area contributed by atoms with E-state index in [0.29, 0.717) is 41.1 Å². The number of ether oxygens (including phenoxy) is 1. The fourth-order valence-corrected chi connectivity index (χ4v) is 5.14. The van der Waals surface area contributed by atoms with Gasteiger partial charge in [0.05, 0.1) is 27.2 Å². The van der Waals surface area contributed by atoms with Crippen LogP contribution in [0.25, 0.3) is 21.6 Å². The highest BCUT2D eigenvalue weighted by atomic mass is 32.1. The van der Waals surface area contributed by atoms with E-state index >= 15 is 0 Å². The molecule has 4 heterocycles. The molecule has 8 nitrogen and oxygen atoms in total. The second-order valence-corrected chi connectivity index (χ2v) is 9.61. The van der Waals surface area contributed by atoms with Crippen LogP contribution < -0.4 is 0 Å². The Morgan fingerprint density at radius 3 is 2.54 bits per heavy atom. The van der Waals surface area contributed by atoms with Crippen molar-refractivity contribution in [2.45, 2.75) is 13.5 Å². The molecule has 0 spiro atoms. The first kappa shape index (κ1) is 23.2. The summed E-state index contributed by atoms with van der Waals surface area (Å²) in [6.07, 6.45) is 0. The zero-order chi connectivity index (χ0) is 24.4. The quantitative estimate of drug-likeness (QED) is 0.386. The maximum atomic E-state index is 13.1. The van der Waals surface area contributed by atoms with Crippen LogP contribution in [-0.4, -0.2) is 69.2 Å². The number of esters is 1. The minimum absolute atomic E-state index is 0.176. The van der Waals surface area contributed by atoms with Gasteiger partial charge in [0.2, 0.25) is 0 Å². The third-order valence-electron chi connectivity index (χ3n) is 6.26. The summed E-state index contributed by atoms with van der Waals surface area (Å²) in [5.74, 6) is -0.716. The van der Waals surface area contributed by atoms with Gasteiger partial charge in [-0.3, -0.25) is 14.4 Å². The Balaban J connectivity index is 1.24. The number of aryl methyl sites for hydroxylation is 2. The van der Waals surface area contributed by atoms with E-state index in [0.717, 1.165) is 24.5 Å². The number of aromatic nitrogens is 3. The van der Waals surface area contributed by atoms with E-state index in [2.05, 4.69) is 22.1 Å². The molecular weight excluding hydrogens is 462 g/mol. The Hall–Kier alpha value is -3.56.